The van der Waals surface area contributed by atoms with Gasteiger partial charge in [0, 0.05) is 0 Å². The first kappa shape index (κ1) is 23.8. The molecular weight excluding hydrogens is 394 g/mol. The second-order valence-electron chi connectivity index (χ2n) is 5.87. The Kier molecular flexibility index (Phi) is 16.0. The Morgan fingerprint density at radius 1 is 0.810 bits per heavy atom. The molecule has 0 aromatic carbocycles. The van der Waals surface area contributed by atoms with Crippen LogP contribution in [-0.4, -0.2) is 71.0 Å². The van der Waals surface area contributed by atoms with Gasteiger partial charge in [0.15, 0.2) is 5.41 Å². The molecule has 122 valence electrons. The molecule has 0 saturated heterocycles. The molecule has 4 nitrogen and oxygen atoms in total. The summed E-state index contributed by atoms with van der Waals surface area (Å²) in [5.74, 6) is -2.47. The maximum atomic E-state index is 11.0. The summed E-state index contributed by atoms with van der Waals surface area (Å²) in [6.45, 7) is 3.51. The molecule has 0 aromatic rings. The largest absolute Gasteiger partial charge is 2.00 e. The zero-order valence-corrected chi connectivity index (χ0v) is 18.1. The van der Waals surface area contributed by atoms with E-state index < -0.39 is 17.4 Å². The van der Waals surface area contributed by atoms with Crippen molar-refractivity contribution in [2.24, 2.45) is 5.41 Å². The number of unbranched alkanes of at least 4 members (excludes halogenated alkanes) is 9. The predicted octanol–water partition coefficient (Wildman–Crippen LogP) is 4.32. The molecular formula is C16H32BaO4. The van der Waals surface area contributed by atoms with E-state index in [1.54, 1.807) is 0 Å². The SMILES string of the molecule is CCCCCCCCCCCCC(C)(C(=O)O)C(=O)O.[Ba+2].[H-].[H-]. The Hall–Kier alpha value is 0.511. The standard InChI is InChI=1S/C16H30O4.Ba.2H/c1-3-4-5-6-7-8-9-10-11-12-13-16(2,14(17)18)15(19)20;;;/h3-13H2,1-2H3,(H,17,18)(H,19,20);;;/q;+2;2*-1. The number of hydrogen-bond acceptors (Lipinski definition) is 2. The van der Waals surface area contributed by atoms with Crippen LogP contribution in [0.2, 0.25) is 0 Å². The van der Waals surface area contributed by atoms with Gasteiger partial charge in [-0.25, -0.2) is 0 Å². The van der Waals surface area contributed by atoms with Gasteiger partial charge >= 0.3 is 60.8 Å². The van der Waals surface area contributed by atoms with Gasteiger partial charge in [-0.1, -0.05) is 71.1 Å². The first-order valence-corrected chi connectivity index (χ1v) is 7.92. The second kappa shape index (κ2) is 14.1. The molecule has 0 aliphatic heterocycles. The minimum atomic E-state index is -1.62. The van der Waals surface area contributed by atoms with Crippen molar-refractivity contribution in [3.05, 3.63) is 0 Å². The summed E-state index contributed by atoms with van der Waals surface area (Å²) in [5.41, 5.74) is -1.62. The van der Waals surface area contributed by atoms with Crippen molar-refractivity contribution >= 4 is 60.8 Å². The predicted molar refractivity (Wildman–Crippen MR) is 87.8 cm³/mol. The van der Waals surface area contributed by atoms with Crippen molar-refractivity contribution in [1.82, 2.24) is 0 Å². The van der Waals surface area contributed by atoms with Gasteiger partial charge in [-0.3, -0.25) is 9.59 Å². The van der Waals surface area contributed by atoms with Crippen LogP contribution in [0.3, 0.4) is 0 Å². The summed E-state index contributed by atoms with van der Waals surface area (Å²) >= 11 is 0. The molecule has 0 saturated carbocycles. The molecule has 5 heteroatoms. The van der Waals surface area contributed by atoms with Crippen molar-refractivity contribution in [2.45, 2.75) is 84.5 Å². The number of aliphatic carboxylic acids is 2. The maximum absolute atomic E-state index is 11.0. The molecule has 0 unspecified atom stereocenters. The summed E-state index contributed by atoms with van der Waals surface area (Å²) in [7, 11) is 0. The Morgan fingerprint density at radius 3 is 1.48 bits per heavy atom. The van der Waals surface area contributed by atoms with Gasteiger partial charge in [-0.2, -0.15) is 0 Å². The molecule has 0 radical (unpaired) electrons. The maximum Gasteiger partial charge on any atom is 2.00 e. The summed E-state index contributed by atoms with van der Waals surface area (Å²) in [6.07, 6.45) is 11.8. The number of carboxylic acid groups (broad SMARTS) is 2. The van der Waals surface area contributed by atoms with Gasteiger partial charge in [-0.15, -0.1) is 0 Å². The quantitative estimate of drug-likeness (QED) is 0.262. The molecule has 0 atom stereocenters. The van der Waals surface area contributed by atoms with Crippen molar-refractivity contribution in [3.8, 4) is 0 Å². The summed E-state index contributed by atoms with van der Waals surface area (Å²) in [6, 6.07) is 0. The minimum Gasteiger partial charge on any atom is -1.00 e. The molecule has 0 heterocycles. The van der Waals surface area contributed by atoms with Crippen LogP contribution in [0.4, 0.5) is 0 Å². The third-order valence-corrected chi connectivity index (χ3v) is 3.97. The minimum absolute atomic E-state index is 0. The Balaban J connectivity index is -0.000000602. The third-order valence-electron chi connectivity index (χ3n) is 3.97. The molecule has 0 spiro atoms. The van der Waals surface area contributed by atoms with Crippen LogP contribution in [-0.2, 0) is 9.59 Å². The average Bonchev–Trinajstić information content (AvgIpc) is 2.40. The van der Waals surface area contributed by atoms with E-state index >= 15 is 0 Å². The molecule has 0 rings (SSSR count). The fourth-order valence-corrected chi connectivity index (χ4v) is 2.27. The van der Waals surface area contributed by atoms with E-state index in [0.29, 0.717) is 6.42 Å². The Morgan fingerprint density at radius 2 is 1.14 bits per heavy atom. The number of carboxylic acids is 2. The summed E-state index contributed by atoms with van der Waals surface area (Å²) in [4.78, 5) is 21.9. The van der Waals surface area contributed by atoms with E-state index in [4.69, 9.17) is 10.2 Å². The van der Waals surface area contributed by atoms with Gasteiger partial charge < -0.3 is 13.1 Å². The molecule has 2 N–H and O–H groups in total. The van der Waals surface area contributed by atoms with E-state index in [1.807, 2.05) is 0 Å². The first-order valence-electron chi connectivity index (χ1n) is 7.92. The molecule has 0 bridgehead atoms. The van der Waals surface area contributed by atoms with Crippen LogP contribution in [0, 0.1) is 5.41 Å². The number of rotatable bonds is 13. The summed E-state index contributed by atoms with van der Waals surface area (Å²) in [5, 5.41) is 17.9. The second-order valence-corrected chi connectivity index (χ2v) is 5.87. The first-order chi connectivity index (χ1) is 9.45. The van der Waals surface area contributed by atoms with Gasteiger partial charge in [0.05, 0.1) is 0 Å². The van der Waals surface area contributed by atoms with Crippen LogP contribution in [0.1, 0.15) is 87.3 Å². The Bertz CT molecular complexity index is 288. The van der Waals surface area contributed by atoms with Gasteiger partial charge in [0.2, 0.25) is 0 Å². The normalized spacial score (nSPS) is 11.0. The third kappa shape index (κ3) is 10.8. The van der Waals surface area contributed by atoms with Crippen LogP contribution < -0.4 is 0 Å². The summed E-state index contributed by atoms with van der Waals surface area (Å²) < 4.78 is 0. The van der Waals surface area contributed by atoms with Crippen LogP contribution in [0.15, 0.2) is 0 Å². The van der Waals surface area contributed by atoms with E-state index in [2.05, 4.69) is 6.92 Å². The zero-order chi connectivity index (χ0) is 15.4. The fraction of sp³-hybridized carbons (Fsp3) is 0.875. The van der Waals surface area contributed by atoms with Gasteiger partial charge in [0.1, 0.15) is 0 Å². The van der Waals surface area contributed by atoms with Crippen molar-refractivity contribution in [2.75, 3.05) is 0 Å². The van der Waals surface area contributed by atoms with E-state index in [1.165, 1.54) is 51.9 Å². The molecule has 0 amide bonds. The van der Waals surface area contributed by atoms with Crippen molar-refractivity contribution in [1.29, 1.82) is 0 Å². The van der Waals surface area contributed by atoms with Crippen molar-refractivity contribution < 1.29 is 22.7 Å². The fourth-order valence-electron chi connectivity index (χ4n) is 2.27. The monoisotopic (exact) mass is 426 g/mol. The van der Waals surface area contributed by atoms with Crippen LogP contribution in [0.25, 0.3) is 0 Å². The smallest absolute Gasteiger partial charge is 1.00 e. The molecule has 0 aromatic heterocycles. The zero-order valence-electron chi connectivity index (χ0n) is 15.7. The van der Waals surface area contributed by atoms with Gasteiger partial charge in [-0.05, 0) is 13.3 Å². The molecule has 0 aliphatic rings. The van der Waals surface area contributed by atoms with Crippen LogP contribution in [0.5, 0.6) is 0 Å². The van der Waals surface area contributed by atoms with E-state index in [0.717, 1.165) is 12.8 Å². The molecule has 0 aliphatic carbocycles. The topological polar surface area (TPSA) is 74.6 Å². The number of hydrogen-bond donors (Lipinski definition) is 2. The molecule has 21 heavy (non-hydrogen) atoms. The number of carbonyl (C=O) groups is 2. The van der Waals surface area contributed by atoms with E-state index in [9.17, 15) is 9.59 Å². The van der Waals surface area contributed by atoms with Crippen LogP contribution >= 0.6 is 0 Å². The van der Waals surface area contributed by atoms with Crippen molar-refractivity contribution in [3.63, 3.8) is 0 Å². The average molecular weight is 426 g/mol. The van der Waals surface area contributed by atoms with E-state index in [-0.39, 0.29) is 58.2 Å². The Labute approximate surface area is 172 Å². The molecule has 0 fully saturated rings. The van der Waals surface area contributed by atoms with Gasteiger partial charge in [0.25, 0.3) is 0 Å².